The number of benzene rings is 1. The van der Waals surface area contributed by atoms with Gasteiger partial charge in [0.2, 0.25) is 0 Å². The van der Waals surface area contributed by atoms with Crippen molar-refractivity contribution >= 4 is 5.97 Å². The van der Waals surface area contributed by atoms with Gasteiger partial charge in [0.1, 0.15) is 13.1 Å². The summed E-state index contributed by atoms with van der Waals surface area (Å²) in [7, 11) is 3.35. The van der Waals surface area contributed by atoms with E-state index >= 15 is 0 Å². The van der Waals surface area contributed by atoms with Crippen LogP contribution in [0.15, 0.2) is 24.3 Å². The van der Waals surface area contributed by atoms with Crippen molar-refractivity contribution in [1.29, 1.82) is 0 Å². The summed E-state index contributed by atoms with van der Waals surface area (Å²) < 4.78 is 5.18. The first-order chi connectivity index (χ1) is 8.50. The zero-order chi connectivity index (χ0) is 13.6. The van der Waals surface area contributed by atoms with E-state index < -0.39 is 0 Å². The average Bonchev–Trinajstić information content (AvgIpc) is 2.32. The van der Waals surface area contributed by atoms with E-state index in [2.05, 4.69) is 19.1 Å². The Balaban J connectivity index is 2.85. The number of nitrogens with zero attached hydrogens (tertiary/aromatic N) is 1. The van der Waals surface area contributed by atoms with Crippen LogP contribution in [0.4, 0.5) is 0 Å². The SMILES string of the molecule is COC(=O)C[N@@+](C)(CCO)Cc1ccccc1C. The lowest BCUT2D eigenvalue weighted by molar-refractivity contribution is -0.916. The Kier molecular flexibility index (Phi) is 5.31. The lowest BCUT2D eigenvalue weighted by atomic mass is 10.1. The van der Waals surface area contributed by atoms with Crippen LogP contribution in [0.2, 0.25) is 0 Å². The Labute approximate surface area is 108 Å². The molecule has 0 saturated carbocycles. The van der Waals surface area contributed by atoms with Gasteiger partial charge < -0.3 is 14.3 Å². The molecule has 0 saturated heterocycles. The number of hydrogen-bond acceptors (Lipinski definition) is 3. The van der Waals surface area contributed by atoms with Crippen molar-refractivity contribution in [2.75, 3.05) is 33.9 Å². The van der Waals surface area contributed by atoms with Crippen LogP contribution < -0.4 is 0 Å². The summed E-state index contributed by atoms with van der Waals surface area (Å²) in [6, 6.07) is 8.09. The number of hydrogen-bond donors (Lipinski definition) is 1. The van der Waals surface area contributed by atoms with Crippen molar-refractivity contribution < 1.29 is 19.1 Å². The van der Waals surface area contributed by atoms with Gasteiger partial charge in [0, 0.05) is 5.56 Å². The van der Waals surface area contributed by atoms with Gasteiger partial charge in [-0.3, -0.25) is 0 Å². The molecule has 0 unspecified atom stereocenters. The second kappa shape index (κ2) is 6.52. The summed E-state index contributed by atoms with van der Waals surface area (Å²) in [5.41, 5.74) is 2.39. The molecule has 18 heavy (non-hydrogen) atoms. The first-order valence-electron chi connectivity index (χ1n) is 6.06. The molecule has 4 nitrogen and oxygen atoms in total. The summed E-state index contributed by atoms with van der Waals surface area (Å²) >= 11 is 0. The van der Waals surface area contributed by atoms with E-state index in [-0.39, 0.29) is 19.1 Å². The maximum atomic E-state index is 11.5. The van der Waals surface area contributed by atoms with Gasteiger partial charge in [-0.1, -0.05) is 24.3 Å². The van der Waals surface area contributed by atoms with Crippen LogP contribution in [0.25, 0.3) is 0 Å². The summed E-state index contributed by atoms with van der Waals surface area (Å²) in [6.07, 6.45) is 0. The zero-order valence-electron chi connectivity index (χ0n) is 11.3. The van der Waals surface area contributed by atoms with Crippen molar-refractivity contribution in [2.24, 2.45) is 0 Å². The molecule has 1 aromatic carbocycles. The molecule has 1 rings (SSSR count). The molecule has 0 spiro atoms. The second-order valence-electron chi connectivity index (χ2n) is 4.89. The van der Waals surface area contributed by atoms with Crippen molar-refractivity contribution in [2.45, 2.75) is 13.5 Å². The van der Waals surface area contributed by atoms with Crippen LogP contribution >= 0.6 is 0 Å². The fourth-order valence-corrected chi connectivity index (χ4v) is 2.03. The minimum atomic E-state index is -0.250. The molecule has 0 bridgehead atoms. The molecule has 0 aliphatic heterocycles. The molecule has 0 aliphatic carbocycles. The Hall–Kier alpha value is -1.39. The van der Waals surface area contributed by atoms with Crippen molar-refractivity contribution in [3.05, 3.63) is 35.4 Å². The highest BCUT2D eigenvalue weighted by molar-refractivity contribution is 5.70. The summed E-state index contributed by atoms with van der Waals surface area (Å²) in [6.45, 7) is 3.62. The molecule has 100 valence electrons. The molecule has 0 aromatic heterocycles. The Bertz CT molecular complexity index is 406. The highest BCUT2D eigenvalue weighted by atomic mass is 16.5. The van der Waals surface area contributed by atoms with Crippen molar-refractivity contribution in [3.8, 4) is 0 Å². The van der Waals surface area contributed by atoms with Crippen molar-refractivity contribution in [1.82, 2.24) is 0 Å². The molecule has 1 N–H and O–H groups in total. The Morgan fingerprint density at radius 2 is 2.06 bits per heavy atom. The van der Waals surface area contributed by atoms with Crippen LogP contribution in [-0.4, -0.2) is 49.4 Å². The number of aliphatic hydroxyl groups excluding tert-OH is 1. The molecule has 0 heterocycles. The van der Waals surface area contributed by atoms with Crippen LogP contribution in [-0.2, 0) is 16.1 Å². The standard InChI is InChI=1S/C14H22NO3/c1-12-6-4-5-7-13(12)10-15(2,8-9-16)11-14(17)18-3/h4-7,16H,8-11H2,1-3H3/q+1/t15-/m0/s1. The van der Waals surface area contributed by atoms with Crippen LogP contribution in [0, 0.1) is 6.92 Å². The van der Waals surface area contributed by atoms with Gasteiger partial charge in [-0.05, 0) is 12.5 Å². The van der Waals surface area contributed by atoms with Gasteiger partial charge in [0.15, 0.2) is 6.54 Å². The smallest absolute Gasteiger partial charge is 0.361 e. The number of carbonyl (C=O) groups excluding carboxylic acids is 1. The number of aliphatic hydroxyl groups is 1. The number of likely N-dealkylation sites (N-methyl/N-ethyl adjacent to an activating group) is 1. The summed E-state index contributed by atoms with van der Waals surface area (Å²) in [4.78, 5) is 11.5. The van der Waals surface area contributed by atoms with Crippen LogP contribution in [0.1, 0.15) is 11.1 Å². The monoisotopic (exact) mass is 252 g/mol. The lowest BCUT2D eigenvalue weighted by Gasteiger charge is -2.33. The van der Waals surface area contributed by atoms with E-state index in [0.29, 0.717) is 17.6 Å². The van der Waals surface area contributed by atoms with Gasteiger partial charge in [-0.15, -0.1) is 0 Å². The summed E-state index contributed by atoms with van der Waals surface area (Å²) in [5, 5.41) is 9.17. The molecular formula is C14H22NO3+. The predicted octanol–water partition coefficient (Wildman–Crippen LogP) is 1.11. The highest BCUT2D eigenvalue weighted by Gasteiger charge is 2.26. The number of aryl methyl sites for hydroxylation is 1. The minimum Gasteiger partial charge on any atom is -0.465 e. The Morgan fingerprint density at radius 1 is 1.39 bits per heavy atom. The third-order valence-corrected chi connectivity index (χ3v) is 3.19. The number of methoxy groups -OCH3 is 1. The second-order valence-corrected chi connectivity index (χ2v) is 4.89. The quantitative estimate of drug-likeness (QED) is 0.609. The molecule has 0 radical (unpaired) electrons. The molecule has 1 atom stereocenters. The average molecular weight is 252 g/mol. The van der Waals surface area contributed by atoms with E-state index in [1.165, 1.54) is 18.2 Å². The molecule has 0 amide bonds. The maximum absolute atomic E-state index is 11.5. The number of quaternary nitrogens is 1. The molecule has 1 aromatic rings. The summed E-state index contributed by atoms with van der Waals surface area (Å²) in [5.74, 6) is -0.250. The molecule has 0 fully saturated rings. The Morgan fingerprint density at radius 3 is 2.61 bits per heavy atom. The van der Waals surface area contributed by atoms with Crippen LogP contribution in [0.3, 0.4) is 0 Å². The molecule has 4 heteroatoms. The van der Waals surface area contributed by atoms with Gasteiger partial charge >= 0.3 is 5.97 Å². The largest absolute Gasteiger partial charge is 0.465 e. The van der Waals surface area contributed by atoms with Crippen molar-refractivity contribution in [3.63, 3.8) is 0 Å². The van der Waals surface area contributed by atoms with E-state index in [0.717, 1.165) is 0 Å². The third-order valence-electron chi connectivity index (χ3n) is 3.19. The topological polar surface area (TPSA) is 46.5 Å². The highest BCUT2D eigenvalue weighted by Crippen LogP contribution is 2.15. The first-order valence-corrected chi connectivity index (χ1v) is 6.06. The van der Waals surface area contributed by atoms with E-state index in [4.69, 9.17) is 9.84 Å². The van der Waals surface area contributed by atoms with Gasteiger partial charge in [-0.25, -0.2) is 4.79 Å². The van der Waals surface area contributed by atoms with E-state index in [1.54, 1.807) is 0 Å². The zero-order valence-corrected chi connectivity index (χ0v) is 11.3. The van der Waals surface area contributed by atoms with Gasteiger partial charge in [0.25, 0.3) is 0 Å². The number of carbonyl (C=O) groups is 1. The fraction of sp³-hybridized carbons (Fsp3) is 0.500. The molecule has 0 aliphatic rings. The van der Waals surface area contributed by atoms with Gasteiger partial charge in [-0.2, -0.15) is 0 Å². The third kappa shape index (κ3) is 4.13. The molecular weight excluding hydrogens is 230 g/mol. The van der Waals surface area contributed by atoms with Gasteiger partial charge in [0.05, 0.1) is 20.8 Å². The number of ether oxygens (including phenoxy) is 1. The number of rotatable bonds is 6. The minimum absolute atomic E-state index is 0.0549. The lowest BCUT2D eigenvalue weighted by Crippen LogP contribution is -2.49. The van der Waals surface area contributed by atoms with E-state index in [9.17, 15) is 4.79 Å². The normalized spacial score (nSPS) is 14.0. The predicted molar refractivity (Wildman–Crippen MR) is 69.9 cm³/mol. The fourth-order valence-electron chi connectivity index (χ4n) is 2.03. The first kappa shape index (κ1) is 14.7. The maximum Gasteiger partial charge on any atom is 0.361 e. The van der Waals surface area contributed by atoms with E-state index in [1.807, 2.05) is 19.2 Å². The number of esters is 1. The van der Waals surface area contributed by atoms with Crippen LogP contribution in [0.5, 0.6) is 0 Å².